The van der Waals surface area contributed by atoms with Crippen LogP contribution in [0, 0.1) is 0 Å². The number of likely N-dealkylation sites (tertiary alicyclic amines) is 2. The van der Waals surface area contributed by atoms with Crippen LogP contribution in [0.5, 0.6) is 0 Å². The molecule has 0 saturated carbocycles. The SMILES string of the molecule is CC(C)N1CCCC(NCC(=O)N2CCCC2)CC1. The molecule has 2 saturated heterocycles. The molecule has 4 heteroatoms. The highest BCUT2D eigenvalue weighted by molar-refractivity contribution is 5.78. The minimum Gasteiger partial charge on any atom is -0.342 e. The molecule has 19 heavy (non-hydrogen) atoms. The minimum atomic E-state index is 0.294. The first kappa shape index (κ1) is 14.8. The Bertz CT molecular complexity index is 287. The van der Waals surface area contributed by atoms with Crippen LogP contribution < -0.4 is 5.32 Å². The first-order chi connectivity index (χ1) is 9.16. The largest absolute Gasteiger partial charge is 0.342 e. The average Bonchev–Trinajstić information content (AvgIpc) is 2.81. The van der Waals surface area contributed by atoms with Crippen molar-refractivity contribution in [1.82, 2.24) is 15.1 Å². The van der Waals surface area contributed by atoms with E-state index < -0.39 is 0 Å². The Balaban J connectivity index is 1.69. The van der Waals surface area contributed by atoms with Gasteiger partial charge in [-0.3, -0.25) is 4.79 Å². The van der Waals surface area contributed by atoms with Gasteiger partial charge in [0.1, 0.15) is 0 Å². The second kappa shape index (κ2) is 7.25. The Morgan fingerprint density at radius 1 is 1.11 bits per heavy atom. The molecule has 4 nitrogen and oxygen atoms in total. The highest BCUT2D eigenvalue weighted by atomic mass is 16.2. The van der Waals surface area contributed by atoms with Gasteiger partial charge in [-0.15, -0.1) is 0 Å². The van der Waals surface area contributed by atoms with E-state index in [9.17, 15) is 4.79 Å². The van der Waals surface area contributed by atoms with Crippen molar-refractivity contribution in [2.45, 2.75) is 58.0 Å². The summed E-state index contributed by atoms with van der Waals surface area (Å²) in [5.74, 6) is 0.294. The molecule has 2 rings (SSSR count). The predicted octanol–water partition coefficient (Wildman–Crippen LogP) is 1.46. The molecule has 1 N–H and O–H groups in total. The van der Waals surface area contributed by atoms with Gasteiger partial charge < -0.3 is 15.1 Å². The van der Waals surface area contributed by atoms with Crippen molar-refractivity contribution >= 4 is 5.91 Å². The summed E-state index contributed by atoms with van der Waals surface area (Å²) in [7, 11) is 0. The topological polar surface area (TPSA) is 35.6 Å². The molecule has 0 spiro atoms. The van der Waals surface area contributed by atoms with Crippen LogP contribution in [-0.2, 0) is 4.79 Å². The van der Waals surface area contributed by atoms with Gasteiger partial charge in [0.05, 0.1) is 6.54 Å². The molecule has 1 unspecified atom stereocenters. The molecule has 2 aliphatic rings. The summed E-state index contributed by atoms with van der Waals surface area (Å²) >= 11 is 0. The molecule has 110 valence electrons. The summed E-state index contributed by atoms with van der Waals surface area (Å²) < 4.78 is 0. The summed E-state index contributed by atoms with van der Waals surface area (Å²) in [6.45, 7) is 9.36. The van der Waals surface area contributed by atoms with E-state index >= 15 is 0 Å². The summed E-state index contributed by atoms with van der Waals surface area (Å²) in [6.07, 6.45) is 5.98. The number of rotatable bonds is 4. The van der Waals surface area contributed by atoms with Gasteiger partial charge in [0.25, 0.3) is 0 Å². The van der Waals surface area contributed by atoms with Crippen molar-refractivity contribution in [2.24, 2.45) is 0 Å². The fraction of sp³-hybridized carbons (Fsp3) is 0.933. The van der Waals surface area contributed by atoms with Gasteiger partial charge in [0.15, 0.2) is 0 Å². The first-order valence-corrected chi connectivity index (χ1v) is 7.92. The Morgan fingerprint density at radius 3 is 2.53 bits per heavy atom. The first-order valence-electron chi connectivity index (χ1n) is 7.92. The molecule has 1 amide bonds. The minimum absolute atomic E-state index is 0.294. The van der Waals surface area contributed by atoms with Crippen LogP contribution >= 0.6 is 0 Å². The van der Waals surface area contributed by atoms with Crippen LogP contribution in [0.25, 0.3) is 0 Å². The van der Waals surface area contributed by atoms with Gasteiger partial charge in [-0.05, 0) is 59.0 Å². The van der Waals surface area contributed by atoms with E-state index in [-0.39, 0.29) is 0 Å². The van der Waals surface area contributed by atoms with Gasteiger partial charge in [-0.25, -0.2) is 0 Å². The van der Waals surface area contributed by atoms with E-state index in [1.165, 1.54) is 38.6 Å². The Morgan fingerprint density at radius 2 is 1.84 bits per heavy atom. The Hall–Kier alpha value is -0.610. The quantitative estimate of drug-likeness (QED) is 0.837. The van der Waals surface area contributed by atoms with Crippen molar-refractivity contribution in [1.29, 1.82) is 0 Å². The van der Waals surface area contributed by atoms with E-state index in [1.807, 2.05) is 4.90 Å². The van der Waals surface area contributed by atoms with Crippen LogP contribution in [0.2, 0.25) is 0 Å². The summed E-state index contributed by atoms with van der Waals surface area (Å²) in [4.78, 5) is 16.5. The molecular formula is C15H29N3O. The monoisotopic (exact) mass is 267 g/mol. The molecule has 2 heterocycles. The van der Waals surface area contributed by atoms with Crippen molar-refractivity contribution in [3.8, 4) is 0 Å². The van der Waals surface area contributed by atoms with Gasteiger partial charge in [0.2, 0.25) is 5.91 Å². The van der Waals surface area contributed by atoms with Gasteiger partial charge in [0, 0.05) is 25.2 Å². The lowest BCUT2D eigenvalue weighted by Gasteiger charge is -2.24. The smallest absolute Gasteiger partial charge is 0.236 e. The molecule has 2 aliphatic heterocycles. The van der Waals surface area contributed by atoms with Gasteiger partial charge in [-0.1, -0.05) is 0 Å². The fourth-order valence-electron chi connectivity index (χ4n) is 3.15. The fourth-order valence-corrected chi connectivity index (χ4v) is 3.15. The zero-order valence-electron chi connectivity index (χ0n) is 12.5. The third-order valence-electron chi connectivity index (χ3n) is 4.49. The number of amides is 1. The summed E-state index contributed by atoms with van der Waals surface area (Å²) in [6, 6.07) is 1.17. The second-order valence-corrected chi connectivity index (χ2v) is 6.23. The van der Waals surface area contributed by atoms with Crippen molar-refractivity contribution in [2.75, 3.05) is 32.7 Å². The molecular weight excluding hydrogens is 238 g/mol. The number of nitrogens with zero attached hydrogens (tertiary/aromatic N) is 2. The van der Waals surface area contributed by atoms with E-state index in [0.717, 1.165) is 19.6 Å². The highest BCUT2D eigenvalue weighted by Gasteiger charge is 2.21. The zero-order chi connectivity index (χ0) is 13.7. The maximum absolute atomic E-state index is 12.0. The number of carbonyl (C=O) groups excluding carboxylic acids is 1. The van der Waals surface area contributed by atoms with E-state index in [1.54, 1.807) is 0 Å². The van der Waals surface area contributed by atoms with Crippen LogP contribution in [0.1, 0.15) is 46.0 Å². The third kappa shape index (κ3) is 4.46. The molecule has 1 atom stereocenters. The van der Waals surface area contributed by atoms with E-state index in [0.29, 0.717) is 24.5 Å². The normalized spacial score (nSPS) is 25.8. The lowest BCUT2D eigenvalue weighted by Crippen LogP contribution is -2.41. The third-order valence-corrected chi connectivity index (χ3v) is 4.49. The van der Waals surface area contributed by atoms with Crippen molar-refractivity contribution in [3.63, 3.8) is 0 Å². The number of hydrogen-bond donors (Lipinski definition) is 1. The van der Waals surface area contributed by atoms with Gasteiger partial charge in [-0.2, -0.15) is 0 Å². The Kier molecular flexibility index (Phi) is 5.64. The number of hydrogen-bond acceptors (Lipinski definition) is 3. The second-order valence-electron chi connectivity index (χ2n) is 6.23. The molecule has 0 aromatic rings. The predicted molar refractivity (Wildman–Crippen MR) is 78.2 cm³/mol. The van der Waals surface area contributed by atoms with E-state index in [2.05, 4.69) is 24.1 Å². The van der Waals surface area contributed by atoms with Crippen LogP contribution in [0.4, 0.5) is 0 Å². The lowest BCUT2D eigenvalue weighted by molar-refractivity contribution is -0.129. The lowest BCUT2D eigenvalue weighted by atomic mass is 10.1. The van der Waals surface area contributed by atoms with Crippen LogP contribution in [0.3, 0.4) is 0 Å². The van der Waals surface area contributed by atoms with Gasteiger partial charge >= 0.3 is 0 Å². The van der Waals surface area contributed by atoms with E-state index in [4.69, 9.17) is 0 Å². The van der Waals surface area contributed by atoms with Crippen LogP contribution in [-0.4, -0.2) is 60.5 Å². The average molecular weight is 267 g/mol. The van der Waals surface area contributed by atoms with Crippen molar-refractivity contribution < 1.29 is 4.79 Å². The summed E-state index contributed by atoms with van der Waals surface area (Å²) in [5.41, 5.74) is 0. The number of nitrogens with one attached hydrogen (secondary N) is 1. The standard InChI is InChI=1S/C15H29N3O/c1-13(2)17-10-5-6-14(7-11-17)16-12-15(19)18-8-3-4-9-18/h13-14,16H,3-12H2,1-2H3. The van der Waals surface area contributed by atoms with Crippen molar-refractivity contribution in [3.05, 3.63) is 0 Å². The molecule has 0 aromatic heterocycles. The molecule has 0 radical (unpaired) electrons. The highest BCUT2D eigenvalue weighted by Crippen LogP contribution is 2.13. The summed E-state index contributed by atoms with van der Waals surface area (Å²) in [5, 5.41) is 3.48. The maximum Gasteiger partial charge on any atom is 0.236 e. The van der Waals surface area contributed by atoms with Crippen LogP contribution in [0.15, 0.2) is 0 Å². The zero-order valence-corrected chi connectivity index (χ0v) is 12.5. The Labute approximate surface area is 117 Å². The molecule has 2 fully saturated rings. The molecule has 0 bridgehead atoms. The molecule has 0 aromatic carbocycles. The number of carbonyl (C=O) groups is 1. The maximum atomic E-state index is 12.0. The molecule has 0 aliphatic carbocycles.